The minimum absolute atomic E-state index is 0.0269. The van der Waals surface area contributed by atoms with E-state index in [-0.39, 0.29) is 11.2 Å². The van der Waals surface area contributed by atoms with Crippen molar-refractivity contribution in [3.8, 4) is 0 Å². The number of hydrogen-bond donors (Lipinski definition) is 1. The van der Waals surface area contributed by atoms with Crippen molar-refractivity contribution in [3.05, 3.63) is 35.1 Å². The van der Waals surface area contributed by atoms with Crippen molar-refractivity contribution in [2.24, 2.45) is 0 Å². The standard InChI is InChI=1S/C12H18FN/c1-9-10(6-5-7-11(9)13)12(2,3)8-14-4/h5-7,14H,8H2,1-4H3. The Morgan fingerprint density at radius 2 is 2.00 bits per heavy atom. The fourth-order valence-corrected chi connectivity index (χ4v) is 1.88. The second-order valence-corrected chi connectivity index (χ2v) is 4.33. The van der Waals surface area contributed by atoms with Crippen LogP contribution in [0.3, 0.4) is 0 Å². The molecule has 0 aromatic heterocycles. The van der Waals surface area contributed by atoms with E-state index >= 15 is 0 Å². The summed E-state index contributed by atoms with van der Waals surface area (Å²) in [6.07, 6.45) is 0. The second-order valence-electron chi connectivity index (χ2n) is 4.33. The van der Waals surface area contributed by atoms with Gasteiger partial charge in [0.15, 0.2) is 0 Å². The minimum atomic E-state index is -0.119. The number of likely N-dealkylation sites (N-methyl/N-ethyl adjacent to an activating group) is 1. The summed E-state index contributed by atoms with van der Waals surface area (Å²) in [6.45, 7) is 6.91. The molecular formula is C12H18FN. The van der Waals surface area contributed by atoms with Crippen LogP contribution >= 0.6 is 0 Å². The van der Waals surface area contributed by atoms with E-state index in [4.69, 9.17) is 0 Å². The summed E-state index contributed by atoms with van der Waals surface area (Å²) in [5.74, 6) is -0.119. The first-order valence-corrected chi connectivity index (χ1v) is 4.89. The maximum absolute atomic E-state index is 13.3. The maximum Gasteiger partial charge on any atom is 0.126 e. The summed E-state index contributed by atoms with van der Waals surface area (Å²) in [6, 6.07) is 5.28. The van der Waals surface area contributed by atoms with Gasteiger partial charge in [0.25, 0.3) is 0 Å². The van der Waals surface area contributed by atoms with Crippen LogP contribution in [0.4, 0.5) is 4.39 Å². The summed E-state index contributed by atoms with van der Waals surface area (Å²) in [5.41, 5.74) is 1.81. The molecule has 0 saturated heterocycles. The molecule has 0 atom stereocenters. The quantitative estimate of drug-likeness (QED) is 0.781. The molecule has 2 heteroatoms. The van der Waals surface area contributed by atoms with Crippen LogP contribution in [0.1, 0.15) is 25.0 Å². The second kappa shape index (κ2) is 4.09. The summed E-state index contributed by atoms with van der Waals surface area (Å²) in [4.78, 5) is 0. The molecular weight excluding hydrogens is 177 g/mol. The van der Waals surface area contributed by atoms with Crippen molar-refractivity contribution in [2.45, 2.75) is 26.2 Å². The third-order valence-electron chi connectivity index (χ3n) is 2.62. The van der Waals surface area contributed by atoms with Gasteiger partial charge >= 0.3 is 0 Å². The number of benzene rings is 1. The third-order valence-corrected chi connectivity index (χ3v) is 2.62. The lowest BCUT2D eigenvalue weighted by molar-refractivity contribution is 0.485. The molecule has 0 aliphatic heterocycles. The lowest BCUT2D eigenvalue weighted by Crippen LogP contribution is -2.31. The molecule has 1 aromatic rings. The smallest absolute Gasteiger partial charge is 0.126 e. The normalized spacial score (nSPS) is 11.8. The van der Waals surface area contributed by atoms with Gasteiger partial charge in [0.1, 0.15) is 5.82 Å². The van der Waals surface area contributed by atoms with E-state index in [0.29, 0.717) is 0 Å². The summed E-state index contributed by atoms with van der Waals surface area (Å²) in [7, 11) is 1.91. The van der Waals surface area contributed by atoms with Crippen LogP contribution in [-0.4, -0.2) is 13.6 Å². The molecule has 0 radical (unpaired) electrons. The van der Waals surface area contributed by atoms with Gasteiger partial charge in [-0.1, -0.05) is 26.0 Å². The average molecular weight is 195 g/mol. The Hall–Kier alpha value is -0.890. The number of nitrogens with one attached hydrogen (secondary N) is 1. The zero-order valence-electron chi connectivity index (χ0n) is 9.32. The van der Waals surface area contributed by atoms with Crippen LogP contribution in [0.25, 0.3) is 0 Å². The summed E-state index contributed by atoms with van der Waals surface area (Å²) >= 11 is 0. The molecule has 0 aliphatic carbocycles. The topological polar surface area (TPSA) is 12.0 Å². The number of rotatable bonds is 3. The van der Waals surface area contributed by atoms with E-state index < -0.39 is 0 Å². The van der Waals surface area contributed by atoms with Gasteiger partial charge in [0.2, 0.25) is 0 Å². The van der Waals surface area contributed by atoms with Gasteiger partial charge in [0.05, 0.1) is 0 Å². The molecule has 0 saturated carbocycles. The first-order valence-electron chi connectivity index (χ1n) is 4.89. The van der Waals surface area contributed by atoms with Gasteiger partial charge in [-0.2, -0.15) is 0 Å². The summed E-state index contributed by atoms with van der Waals surface area (Å²) in [5, 5.41) is 3.13. The highest BCUT2D eigenvalue weighted by Gasteiger charge is 2.22. The zero-order valence-corrected chi connectivity index (χ0v) is 9.32. The SMILES string of the molecule is CNCC(C)(C)c1cccc(F)c1C. The molecule has 1 rings (SSSR count). The predicted octanol–water partition coefficient (Wildman–Crippen LogP) is 2.63. The molecule has 0 aliphatic rings. The first kappa shape index (κ1) is 11.2. The molecule has 14 heavy (non-hydrogen) atoms. The van der Waals surface area contributed by atoms with E-state index in [9.17, 15) is 4.39 Å². The fraction of sp³-hybridized carbons (Fsp3) is 0.500. The van der Waals surface area contributed by atoms with Crippen molar-refractivity contribution in [2.75, 3.05) is 13.6 Å². The highest BCUT2D eigenvalue weighted by Crippen LogP contribution is 2.26. The molecule has 0 heterocycles. The van der Waals surface area contributed by atoms with Gasteiger partial charge in [-0.3, -0.25) is 0 Å². The average Bonchev–Trinajstić information content (AvgIpc) is 2.09. The molecule has 0 spiro atoms. The number of hydrogen-bond acceptors (Lipinski definition) is 1. The van der Waals surface area contributed by atoms with Crippen molar-refractivity contribution in [3.63, 3.8) is 0 Å². The molecule has 1 nitrogen and oxygen atoms in total. The van der Waals surface area contributed by atoms with Crippen LogP contribution < -0.4 is 5.32 Å². The van der Waals surface area contributed by atoms with E-state index in [0.717, 1.165) is 17.7 Å². The van der Waals surface area contributed by atoms with Gasteiger partial charge in [-0.25, -0.2) is 4.39 Å². The van der Waals surface area contributed by atoms with Crippen molar-refractivity contribution < 1.29 is 4.39 Å². The Morgan fingerprint density at radius 3 is 2.57 bits per heavy atom. The zero-order chi connectivity index (χ0) is 10.8. The van der Waals surface area contributed by atoms with E-state index in [1.807, 2.05) is 20.0 Å². The Bertz CT molecular complexity index is 318. The van der Waals surface area contributed by atoms with Crippen LogP contribution in [0.2, 0.25) is 0 Å². The highest BCUT2D eigenvalue weighted by molar-refractivity contribution is 5.33. The Morgan fingerprint density at radius 1 is 1.36 bits per heavy atom. The lowest BCUT2D eigenvalue weighted by atomic mass is 9.82. The van der Waals surface area contributed by atoms with Crippen molar-refractivity contribution >= 4 is 0 Å². The molecule has 0 amide bonds. The number of halogens is 1. The summed E-state index contributed by atoms with van der Waals surface area (Å²) < 4.78 is 13.3. The lowest BCUT2D eigenvalue weighted by Gasteiger charge is -2.26. The van der Waals surface area contributed by atoms with Gasteiger partial charge < -0.3 is 5.32 Å². The van der Waals surface area contributed by atoms with E-state index in [1.165, 1.54) is 6.07 Å². The molecule has 0 unspecified atom stereocenters. The van der Waals surface area contributed by atoms with Crippen molar-refractivity contribution in [1.82, 2.24) is 5.32 Å². The van der Waals surface area contributed by atoms with Gasteiger partial charge in [-0.15, -0.1) is 0 Å². The van der Waals surface area contributed by atoms with E-state index in [1.54, 1.807) is 6.07 Å². The Balaban J connectivity index is 3.12. The minimum Gasteiger partial charge on any atom is -0.319 e. The monoisotopic (exact) mass is 195 g/mol. The predicted molar refractivity (Wildman–Crippen MR) is 58.1 cm³/mol. The van der Waals surface area contributed by atoms with Crippen LogP contribution in [0.5, 0.6) is 0 Å². The largest absolute Gasteiger partial charge is 0.319 e. The Kier molecular flexibility index (Phi) is 3.27. The van der Waals surface area contributed by atoms with Crippen LogP contribution in [0.15, 0.2) is 18.2 Å². The third kappa shape index (κ3) is 2.13. The Labute approximate surface area is 85.3 Å². The van der Waals surface area contributed by atoms with Gasteiger partial charge in [-0.05, 0) is 31.2 Å². The van der Waals surface area contributed by atoms with Crippen molar-refractivity contribution in [1.29, 1.82) is 0 Å². The first-order chi connectivity index (χ1) is 6.49. The molecule has 1 N–H and O–H groups in total. The van der Waals surface area contributed by atoms with E-state index in [2.05, 4.69) is 19.2 Å². The molecule has 0 bridgehead atoms. The van der Waals surface area contributed by atoms with Gasteiger partial charge in [0, 0.05) is 12.0 Å². The maximum atomic E-state index is 13.3. The van der Waals surface area contributed by atoms with Crippen LogP contribution in [0, 0.1) is 12.7 Å². The molecule has 0 fully saturated rings. The molecule has 78 valence electrons. The molecule has 1 aromatic carbocycles. The fourth-order valence-electron chi connectivity index (χ4n) is 1.88. The highest BCUT2D eigenvalue weighted by atomic mass is 19.1. The van der Waals surface area contributed by atoms with Crippen LogP contribution in [-0.2, 0) is 5.41 Å².